The third kappa shape index (κ3) is 2.89. The summed E-state index contributed by atoms with van der Waals surface area (Å²) in [5.41, 5.74) is 0. The van der Waals surface area contributed by atoms with Crippen molar-refractivity contribution in [3.8, 4) is 5.75 Å². The summed E-state index contributed by atoms with van der Waals surface area (Å²) in [5.74, 6) is 0.922. The van der Waals surface area contributed by atoms with Crippen LogP contribution in [0.4, 0.5) is 0 Å². The van der Waals surface area contributed by atoms with E-state index >= 15 is 0 Å². The van der Waals surface area contributed by atoms with Crippen molar-refractivity contribution < 1.29 is 4.74 Å². The SMILES string of the molecule is C/C=C/COc1ccccc1. The van der Waals surface area contributed by atoms with E-state index < -0.39 is 0 Å². The second-order valence-corrected chi connectivity index (χ2v) is 2.19. The minimum atomic E-state index is 0.653. The Morgan fingerprint density at radius 3 is 2.64 bits per heavy atom. The number of benzene rings is 1. The van der Waals surface area contributed by atoms with Crippen LogP contribution in [0.2, 0.25) is 0 Å². The molecule has 1 aromatic carbocycles. The first-order valence-corrected chi connectivity index (χ1v) is 3.72. The van der Waals surface area contributed by atoms with Gasteiger partial charge in [0.2, 0.25) is 0 Å². The molecule has 1 rings (SSSR count). The summed E-state index contributed by atoms with van der Waals surface area (Å²) in [6, 6.07) is 9.80. The molecule has 0 bridgehead atoms. The summed E-state index contributed by atoms with van der Waals surface area (Å²) in [6.07, 6.45) is 3.95. The Morgan fingerprint density at radius 2 is 2.00 bits per heavy atom. The summed E-state index contributed by atoms with van der Waals surface area (Å²) in [7, 11) is 0. The first kappa shape index (κ1) is 7.86. The molecule has 0 radical (unpaired) electrons. The van der Waals surface area contributed by atoms with E-state index in [1.165, 1.54) is 0 Å². The summed E-state index contributed by atoms with van der Waals surface area (Å²) in [5, 5.41) is 0. The van der Waals surface area contributed by atoms with Crippen LogP contribution in [0.1, 0.15) is 6.92 Å². The van der Waals surface area contributed by atoms with E-state index in [0.717, 1.165) is 5.75 Å². The fraction of sp³-hybridized carbons (Fsp3) is 0.200. The number of hydrogen-bond acceptors (Lipinski definition) is 1. The van der Waals surface area contributed by atoms with Crippen LogP contribution in [-0.4, -0.2) is 6.61 Å². The quantitative estimate of drug-likeness (QED) is 0.599. The first-order valence-electron chi connectivity index (χ1n) is 3.72. The molecule has 0 unspecified atom stereocenters. The van der Waals surface area contributed by atoms with E-state index in [1.54, 1.807) is 0 Å². The highest BCUT2D eigenvalue weighted by molar-refractivity contribution is 5.21. The smallest absolute Gasteiger partial charge is 0.119 e. The van der Waals surface area contributed by atoms with Gasteiger partial charge >= 0.3 is 0 Å². The van der Waals surface area contributed by atoms with Gasteiger partial charge in [-0.1, -0.05) is 30.4 Å². The number of rotatable bonds is 3. The highest BCUT2D eigenvalue weighted by Crippen LogP contribution is 2.07. The largest absolute Gasteiger partial charge is 0.490 e. The molecule has 0 amide bonds. The lowest BCUT2D eigenvalue weighted by Gasteiger charge is -2.00. The zero-order valence-electron chi connectivity index (χ0n) is 6.66. The minimum Gasteiger partial charge on any atom is -0.490 e. The van der Waals surface area contributed by atoms with Crippen molar-refractivity contribution in [2.75, 3.05) is 6.61 Å². The van der Waals surface area contributed by atoms with Crippen molar-refractivity contribution in [1.29, 1.82) is 0 Å². The second-order valence-electron chi connectivity index (χ2n) is 2.19. The highest BCUT2D eigenvalue weighted by atomic mass is 16.5. The zero-order chi connectivity index (χ0) is 7.94. The molecule has 1 heteroatoms. The van der Waals surface area contributed by atoms with Gasteiger partial charge in [0.15, 0.2) is 0 Å². The molecular weight excluding hydrogens is 136 g/mol. The van der Waals surface area contributed by atoms with Gasteiger partial charge in [0.05, 0.1) is 0 Å². The Hall–Kier alpha value is -1.24. The van der Waals surface area contributed by atoms with Gasteiger partial charge in [-0.2, -0.15) is 0 Å². The molecule has 0 saturated heterocycles. The van der Waals surface area contributed by atoms with E-state index in [2.05, 4.69) is 0 Å². The van der Waals surface area contributed by atoms with E-state index in [9.17, 15) is 0 Å². The summed E-state index contributed by atoms with van der Waals surface area (Å²) in [6.45, 7) is 2.63. The Bertz CT molecular complexity index is 214. The molecule has 0 N–H and O–H groups in total. The van der Waals surface area contributed by atoms with E-state index in [4.69, 9.17) is 4.74 Å². The number of hydrogen-bond donors (Lipinski definition) is 0. The molecule has 1 aromatic rings. The van der Waals surface area contributed by atoms with Crippen molar-refractivity contribution in [1.82, 2.24) is 0 Å². The van der Waals surface area contributed by atoms with Gasteiger partial charge in [-0.3, -0.25) is 0 Å². The fourth-order valence-corrected chi connectivity index (χ4v) is 0.757. The standard InChI is InChI=1S/C10H12O/c1-2-3-9-11-10-7-5-4-6-8-10/h2-8H,9H2,1H3/b3-2+. The number of para-hydroxylation sites is 1. The molecule has 58 valence electrons. The molecular formula is C10H12O. The molecule has 0 atom stereocenters. The van der Waals surface area contributed by atoms with E-state index in [1.807, 2.05) is 49.4 Å². The Kier molecular flexibility index (Phi) is 3.26. The average molecular weight is 148 g/mol. The van der Waals surface area contributed by atoms with Crippen LogP contribution >= 0.6 is 0 Å². The van der Waals surface area contributed by atoms with Crippen LogP contribution in [-0.2, 0) is 0 Å². The predicted octanol–water partition coefficient (Wildman–Crippen LogP) is 2.64. The van der Waals surface area contributed by atoms with E-state index in [-0.39, 0.29) is 0 Å². The van der Waals surface area contributed by atoms with Gasteiger partial charge in [0.25, 0.3) is 0 Å². The third-order valence-electron chi connectivity index (χ3n) is 1.33. The number of allylic oxidation sites excluding steroid dienone is 1. The van der Waals surface area contributed by atoms with Crippen molar-refractivity contribution >= 4 is 0 Å². The normalized spacial score (nSPS) is 10.3. The molecule has 1 nitrogen and oxygen atoms in total. The van der Waals surface area contributed by atoms with Crippen molar-refractivity contribution in [3.63, 3.8) is 0 Å². The van der Waals surface area contributed by atoms with Crippen LogP contribution in [0, 0.1) is 0 Å². The lowest BCUT2D eigenvalue weighted by Crippen LogP contribution is -1.91. The van der Waals surface area contributed by atoms with Crippen LogP contribution in [0.15, 0.2) is 42.5 Å². The summed E-state index contributed by atoms with van der Waals surface area (Å²) < 4.78 is 5.36. The topological polar surface area (TPSA) is 9.23 Å². The minimum absolute atomic E-state index is 0.653. The summed E-state index contributed by atoms with van der Waals surface area (Å²) in [4.78, 5) is 0. The van der Waals surface area contributed by atoms with Gasteiger partial charge < -0.3 is 4.74 Å². The zero-order valence-corrected chi connectivity index (χ0v) is 6.66. The van der Waals surface area contributed by atoms with E-state index in [0.29, 0.717) is 6.61 Å². The van der Waals surface area contributed by atoms with Gasteiger partial charge in [0.1, 0.15) is 12.4 Å². The van der Waals surface area contributed by atoms with Crippen LogP contribution < -0.4 is 4.74 Å². The maximum absolute atomic E-state index is 5.36. The van der Waals surface area contributed by atoms with Crippen molar-refractivity contribution in [2.45, 2.75) is 6.92 Å². The fourth-order valence-electron chi connectivity index (χ4n) is 0.757. The van der Waals surface area contributed by atoms with Crippen LogP contribution in [0.25, 0.3) is 0 Å². The van der Waals surface area contributed by atoms with Crippen LogP contribution in [0.5, 0.6) is 5.75 Å². The van der Waals surface area contributed by atoms with Crippen molar-refractivity contribution in [2.24, 2.45) is 0 Å². The Balaban J connectivity index is 2.39. The molecule has 0 spiro atoms. The van der Waals surface area contributed by atoms with Gasteiger partial charge in [-0.25, -0.2) is 0 Å². The molecule has 0 aliphatic rings. The predicted molar refractivity (Wildman–Crippen MR) is 46.8 cm³/mol. The monoisotopic (exact) mass is 148 g/mol. The first-order chi connectivity index (χ1) is 5.43. The Labute approximate surface area is 67.3 Å². The second kappa shape index (κ2) is 4.56. The maximum atomic E-state index is 5.36. The summed E-state index contributed by atoms with van der Waals surface area (Å²) >= 11 is 0. The van der Waals surface area contributed by atoms with Crippen LogP contribution in [0.3, 0.4) is 0 Å². The maximum Gasteiger partial charge on any atom is 0.119 e. The lowest BCUT2D eigenvalue weighted by atomic mass is 10.3. The van der Waals surface area contributed by atoms with Gasteiger partial charge in [-0.15, -0.1) is 0 Å². The lowest BCUT2D eigenvalue weighted by molar-refractivity contribution is 0.363. The molecule has 0 aromatic heterocycles. The molecule has 0 saturated carbocycles. The third-order valence-corrected chi connectivity index (χ3v) is 1.33. The average Bonchev–Trinajstić information content (AvgIpc) is 2.07. The number of ether oxygens (including phenoxy) is 1. The molecule has 0 aliphatic carbocycles. The molecule has 0 heterocycles. The molecule has 0 fully saturated rings. The highest BCUT2D eigenvalue weighted by Gasteiger charge is 1.85. The van der Waals surface area contributed by atoms with Gasteiger partial charge in [-0.05, 0) is 19.1 Å². The van der Waals surface area contributed by atoms with Gasteiger partial charge in [0, 0.05) is 0 Å². The Morgan fingerprint density at radius 1 is 1.27 bits per heavy atom. The van der Waals surface area contributed by atoms with Crippen molar-refractivity contribution in [3.05, 3.63) is 42.5 Å². The molecule has 11 heavy (non-hydrogen) atoms. The molecule has 0 aliphatic heterocycles.